The molecule has 0 radical (unpaired) electrons. The van der Waals surface area contributed by atoms with Crippen LogP contribution in [-0.2, 0) is 10.3 Å². The molecule has 1 fully saturated rings. The highest BCUT2D eigenvalue weighted by molar-refractivity contribution is 7.83. The second kappa shape index (κ2) is 3.72. The van der Waals surface area contributed by atoms with E-state index >= 15 is 0 Å². The zero-order chi connectivity index (χ0) is 9.19. The molecule has 0 bridgehead atoms. The number of rotatable bonds is 2. The molecule has 1 N–H and O–H groups in total. The summed E-state index contributed by atoms with van der Waals surface area (Å²) in [5.41, 5.74) is 0. The normalized spacial score (nSPS) is 27.3. The van der Waals surface area contributed by atoms with Crippen LogP contribution in [0.1, 0.15) is 32.6 Å². The van der Waals surface area contributed by atoms with Crippen LogP contribution in [0.25, 0.3) is 0 Å². The van der Waals surface area contributed by atoms with Crippen LogP contribution in [0.5, 0.6) is 0 Å². The second-order valence-electron chi connectivity index (χ2n) is 3.15. The van der Waals surface area contributed by atoms with Gasteiger partial charge in [0.25, 0.3) is 0 Å². The molecule has 12 heavy (non-hydrogen) atoms. The number of hydrogen-bond donors (Lipinski definition) is 1. The van der Waals surface area contributed by atoms with Gasteiger partial charge in [0.05, 0.1) is 0 Å². The maximum absolute atomic E-state index is 10.8. The Morgan fingerprint density at radius 2 is 2.17 bits per heavy atom. The Hall–Kier alpha value is -0.130. The Balaban J connectivity index is 2.72. The van der Waals surface area contributed by atoms with Crippen molar-refractivity contribution in [2.24, 2.45) is 0 Å². The lowest BCUT2D eigenvalue weighted by Crippen LogP contribution is -2.42. The lowest BCUT2D eigenvalue weighted by atomic mass is 10.0. The Morgan fingerprint density at radius 1 is 1.50 bits per heavy atom. The highest BCUT2D eigenvalue weighted by Gasteiger charge is 2.29. The largest absolute Gasteiger partial charge is 0.336 e. The molecule has 72 valence electrons. The van der Waals surface area contributed by atoms with Crippen molar-refractivity contribution in [2.75, 3.05) is 6.54 Å². The summed E-state index contributed by atoms with van der Waals surface area (Å²) in [6, 6.07) is 0.00810. The third-order valence-electron chi connectivity index (χ3n) is 2.34. The number of piperidine rings is 1. The second-order valence-corrected chi connectivity index (χ2v) is 4.51. The third kappa shape index (κ3) is 2.18. The Kier molecular flexibility index (Phi) is 3.09. The maximum atomic E-state index is 10.8. The zero-order valence-electron chi connectivity index (χ0n) is 7.23. The molecule has 1 rings (SSSR count). The Bertz CT molecular complexity index is 237. The van der Waals surface area contributed by atoms with Crippen molar-refractivity contribution in [1.82, 2.24) is 4.31 Å². The molecular weight excluding hydrogens is 178 g/mol. The van der Waals surface area contributed by atoms with Gasteiger partial charge in [-0.1, -0.05) is 13.3 Å². The quantitative estimate of drug-likeness (QED) is 0.667. The van der Waals surface area contributed by atoms with Crippen molar-refractivity contribution < 1.29 is 13.0 Å². The van der Waals surface area contributed by atoms with E-state index in [2.05, 4.69) is 0 Å². The van der Waals surface area contributed by atoms with Crippen molar-refractivity contribution in [3.05, 3.63) is 0 Å². The van der Waals surface area contributed by atoms with E-state index in [0.29, 0.717) is 6.54 Å². The molecule has 0 aromatic heterocycles. The predicted octanol–water partition coefficient (Wildman–Crippen LogP) is 1.05. The van der Waals surface area contributed by atoms with Crippen LogP contribution in [0.15, 0.2) is 0 Å². The van der Waals surface area contributed by atoms with Crippen molar-refractivity contribution in [3.8, 4) is 0 Å². The smallest absolute Gasteiger partial charge is 0.273 e. The van der Waals surface area contributed by atoms with Gasteiger partial charge < -0.3 is 0 Å². The van der Waals surface area contributed by atoms with Crippen LogP contribution in [0, 0.1) is 0 Å². The minimum Gasteiger partial charge on any atom is -0.273 e. The van der Waals surface area contributed by atoms with Gasteiger partial charge in [-0.25, -0.2) is 0 Å². The summed E-state index contributed by atoms with van der Waals surface area (Å²) in [5, 5.41) is 0. The van der Waals surface area contributed by atoms with E-state index < -0.39 is 10.3 Å². The predicted molar refractivity (Wildman–Crippen MR) is 46.2 cm³/mol. The van der Waals surface area contributed by atoms with Crippen LogP contribution in [0.3, 0.4) is 0 Å². The minimum absolute atomic E-state index is 0.00810. The van der Waals surface area contributed by atoms with Gasteiger partial charge in [-0.3, -0.25) is 4.55 Å². The highest BCUT2D eigenvalue weighted by atomic mass is 32.2. The molecule has 0 aromatic rings. The molecule has 1 atom stereocenters. The van der Waals surface area contributed by atoms with Crippen LogP contribution in [0.2, 0.25) is 0 Å². The Labute approximate surface area is 73.4 Å². The maximum Gasteiger partial charge on any atom is 0.336 e. The summed E-state index contributed by atoms with van der Waals surface area (Å²) in [4.78, 5) is 0. The molecule has 4 nitrogen and oxygen atoms in total. The lowest BCUT2D eigenvalue weighted by Gasteiger charge is -2.31. The van der Waals surface area contributed by atoms with E-state index in [1.54, 1.807) is 0 Å². The summed E-state index contributed by atoms with van der Waals surface area (Å²) < 4.78 is 31.7. The first kappa shape index (κ1) is 9.95. The molecular formula is C7H15NO3S. The first-order valence-electron chi connectivity index (χ1n) is 4.30. The first-order valence-corrected chi connectivity index (χ1v) is 5.69. The van der Waals surface area contributed by atoms with Gasteiger partial charge in [0, 0.05) is 12.6 Å². The average molecular weight is 193 g/mol. The van der Waals surface area contributed by atoms with Crippen molar-refractivity contribution >= 4 is 10.3 Å². The van der Waals surface area contributed by atoms with Crippen molar-refractivity contribution in [2.45, 2.75) is 38.6 Å². The number of hydrogen-bond acceptors (Lipinski definition) is 2. The van der Waals surface area contributed by atoms with E-state index in [1.807, 2.05) is 6.92 Å². The molecule has 0 aromatic carbocycles. The van der Waals surface area contributed by atoms with Gasteiger partial charge in [-0.2, -0.15) is 12.7 Å². The average Bonchev–Trinajstić information content (AvgIpc) is 2.03. The van der Waals surface area contributed by atoms with Crippen LogP contribution < -0.4 is 0 Å². The molecule has 0 saturated carbocycles. The van der Waals surface area contributed by atoms with Gasteiger partial charge in [0.2, 0.25) is 0 Å². The van der Waals surface area contributed by atoms with Gasteiger partial charge in [0.15, 0.2) is 0 Å². The van der Waals surface area contributed by atoms with E-state index in [0.717, 1.165) is 25.7 Å². The summed E-state index contributed by atoms with van der Waals surface area (Å²) in [5.74, 6) is 0. The first-order chi connectivity index (χ1) is 5.55. The van der Waals surface area contributed by atoms with Crippen LogP contribution in [-0.4, -0.2) is 29.9 Å². The molecule has 1 heterocycles. The fourth-order valence-corrected chi connectivity index (χ4v) is 2.68. The fourth-order valence-electron chi connectivity index (χ4n) is 1.69. The molecule has 0 amide bonds. The topological polar surface area (TPSA) is 57.6 Å². The molecule has 1 aliphatic rings. The molecule has 0 spiro atoms. The molecule has 5 heteroatoms. The Morgan fingerprint density at radius 3 is 2.58 bits per heavy atom. The molecule has 1 unspecified atom stereocenters. The van der Waals surface area contributed by atoms with E-state index in [9.17, 15) is 8.42 Å². The van der Waals surface area contributed by atoms with E-state index in [4.69, 9.17) is 4.55 Å². The summed E-state index contributed by atoms with van der Waals surface area (Å²) >= 11 is 0. The monoisotopic (exact) mass is 193 g/mol. The third-order valence-corrected chi connectivity index (χ3v) is 3.41. The fraction of sp³-hybridized carbons (Fsp3) is 1.00. The van der Waals surface area contributed by atoms with Gasteiger partial charge >= 0.3 is 10.3 Å². The van der Waals surface area contributed by atoms with Gasteiger partial charge in [0.1, 0.15) is 0 Å². The molecule has 1 aliphatic heterocycles. The highest BCUT2D eigenvalue weighted by Crippen LogP contribution is 2.21. The lowest BCUT2D eigenvalue weighted by molar-refractivity contribution is 0.225. The van der Waals surface area contributed by atoms with Crippen molar-refractivity contribution in [3.63, 3.8) is 0 Å². The molecule has 1 saturated heterocycles. The summed E-state index contributed by atoms with van der Waals surface area (Å²) in [6.45, 7) is 2.41. The molecule has 0 aliphatic carbocycles. The zero-order valence-corrected chi connectivity index (χ0v) is 8.05. The van der Waals surface area contributed by atoms with E-state index in [-0.39, 0.29) is 6.04 Å². The van der Waals surface area contributed by atoms with Gasteiger partial charge in [-0.05, 0) is 19.3 Å². The minimum atomic E-state index is -3.95. The SMILES string of the molecule is CCC1CCCCN1S(=O)(=O)O. The standard InChI is InChI=1S/C7H15NO3S/c1-2-7-5-3-4-6-8(7)12(9,10)11/h7H,2-6H2,1H3,(H,9,10,11). The van der Waals surface area contributed by atoms with Crippen molar-refractivity contribution in [1.29, 1.82) is 0 Å². The van der Waals surface area contributed by atoms with Gasteiger partial charge in [-0.15, -0.1) is 0 Å². The summed E-state index contributed by atoms with van der Waals surface area (Å²) in [6.07, 6.45) is 3.57. The summed E-state index contributed by atoms with van der Waals surface area (Å²) in [7, 11) is -3.95. The number of nitrogens with zero attached hydrogens (tertiary/aromatic N) is 1. The van der Waals surface area contributed by atoms with E-state index in [1.165, 1.54) is 4.31 Å². The van der Waals surface area contributed by atoms with Crippen LogP contribution in [0.4, 0.5) is 0 Å². The van der Waals surface area contributed by atoms with Crippen LogP contribution >= 0.6 is 0 Å².